The smallest absolute Gasteiger partial charge is 0.131 e. The lowest BCUT2D eigenvalue weighted by atomic mass is 10.2. The molecule has 0 amide bonds. The van der Waals surface area contributed by atoms with Crippen LogP contribution in [0.3, 0.4) is 0 Å². The summed E-state index contributed by atoms with van der Waals surface area (Å²) < 4.78 is 7.09. The number of rotatable bonds is 5. The minimum Gasteiger partial charge on any atom is -0.497 e. The molecule has 0 saturated carbocycles. The molecule has 0 radical (unpaired) electrons. The number of nitrogens with zero attached hydrogens (tertiary/aromatic N) is 3. The molecular weight excluding hydrogens is 242 g/mol. The fourth-order valence-corrected chi connectivity index (χ4v) is 2.01. The third-order valence-corrected chi connectivity index (χ3v) is 2.96. The van der Waals surface area contributed by atoms with E-state index in [0.29, 0.717) is 18.8 Å². The van der Waals surface area contributed by atoms with Crippen LogP contribution in [0.15, 0.2) is 18.2 Å². The number of ketones is 1. The van der Waals surface area contributed by atoms with Gasteiger partial charge < -0.3 is 9.30 Å². The monoisotopic (exact) mass is 257 g/mol. The van der Waals surface area contributed by atoms with Crippen LogP contribution in [0.1, 0.15) is 19.2 Å². The summed E-state index contributed by atoms with van der Waals surface area (Å²) in [5.74, 6) is 1.54. The Morgan fingerprint density at radius 3 is 2.95 bits per heavy atom. The molecule has 5 heteroatoms. The van der Waals surface area contributed by atoms with Gasteiger partial charge in [-0.05, 0) is 19.1 Å². The third-order valence-electron chi connectivity index (χ3n) is 2.96. The number of Topliss-reactive ketones (excluding diaryl/α,β-unsaturated/α-hetero) is 1. The summed E-state index contributed by atoms with van der Waals surface area (Å²) in [6.45, 7) is 2.11. The van der Waals surface area contributed by atoms with Gasteiger partial charge in [-0.25, -0.2) is 4.98 Å². The lowest BCUT2D eigenvalue weighted by molar-refractivity contribution is -0.117. The predicted octanol–water partition coefficient (Wildman–Crippen LogP) is 2.09. The maximum Gasteiger partial charge on any atom is 0.131 e. The Morgan fingerprint density at radius 2 is 2.32 bits per heavy atom. The Bertz CT molecular complexity index is 652. The van der Waals surface area contributed by atoms with Gasteiger partial charge in [0.2, 0.25) is 0 Å². The maximum atomic E-state index is 11.1. The van der Waals surface area contributed by atoms with Crippen LogP contribution in [-0.4, -0.2) is 22.4 Å². The van der Waals surface area contributed by atoms with Gasteiger partial charge in [0.15, 0.2) is 0 Å². The number of aryl methyl sites for hydroxylation is 1. The Morgan fingerprint density at radius 1 is 1.53 bits per heavy atom. The SMILES string of the molecule is COc1ccc2c(c1)nc(CC#N)n2CCC(C)=O. The van der Waals surface area contributed by atoms with Crippen molar-refractivity contribution in [3.05, 3.63) is 24.0 Å². The van der Waals surface area contributed by atoms with E-state index >= 15 is 0 Å². The van der Waals surface area contributed by atoms with Crippen molar-refractivity contribution in [1.82, 2.24) is 9.55 Å². The first-order valence-electron chi connectivity index (χ1n) is 6.05. The topological polar surface area (TPSA) is 67.9 Å². The highest BCUT2D eigenvalue weighted by Gasteiger charge is 2.11. The average Bonchev–Trinajstić information content (AvgIpc) is 2.73. The van der Waals surface area contributed by atoms with Crippen LogP contribution in [0.25, 0.3) is 11.0 Å². The second kappa shape index (κ2) is 5.53. The van der Waals surface area contributed by atoms with Crippen molar-refractivity contribution in [2.24, 2.45) is 0 Å². The number of fused-ring (bicyclic) bond motifs is 1. The molecule has 2 rings (SSSR count). The van der Waals surface area contributed by atoms with Crippen LogP contribution >= 0.6 is 0 Å². The molecule has 1 heterocycles. The number of nitriles is 1. The second-order valence-electron chi connectivity index (χ2n) is 4.32. The fourth-order valence-electron chi connectivity index (χ4n) is 2.01. The van der Waals surface area contributed by atoms with Crippen molar-refractivity contribution in [2.45, 2.75) is 26.3 Å². The Labute approximate surface area is 111 Å². The first-order valence-corrected chi connectivity index (χ1v) is 6.05. The van der Waals surface area contributed by atoms with Gasteiger partial charge in [-0.15, -0.1) is 0 Å². The van der Waals surface area contributed by atoms with E-state index in [1.165, 1.54) is 0 Å². The van der Waals surface area contributed by atoms with Crippen LogP contribution < -0.4 is 4.74 Å². The van der Waals surface area contributed by atoms with Gasteiger partial charge in [0, 0.05) is 19.0 Å². The van der Waals surface area contributed by atoms with Crippen LogP contribution in [0, 0.1) is 11.3 Å². The first-order chi connectivity index (χ1) is 9.15. The summed E-state index contributed by atoms with van der Waals surface area (Å²) >= 11 is 0. The minimum absolute atomic E-state index is 0.123. The normalized spacial score (nSPS) is 10.4. The number of ether oxygens (including phenoxy) is 1. The van der Waals surface area contributed by atoms with Gasteiger partial charge in [-0.2, -0.15) is 5.26 Å². The largest absolute Gasteiger partial charge is 0.497 e. The quantitative estimate of drug-likeness (QED) is 0.822. The number of aromatic nitrogens is 2. The van der Waals surface area contributed by atoms with Crippen molar-refractivity contribution in [2.75, 3.05) is 7.11 Å². The van der Waals surface area contributed by atoms with Gasteiger partial charge in [0.05, 0.1) is 30.6 Å². The lowest BCUT2D eigenvalue weighted by Crippen LogP contribution is -2.06. The number of methoxy groups -OCH3 is 1. The number of carbonyl (C=O) groups is 1. The Hall–Kier alpha value is -2.35. The van der Waals surface area contributed by atoms with E-state index in [4.69, 9.17) is 10.00 Å². The standard InChI is InChI=1S/C14H15N3O2/c1-10(18)6-8-17-13-4-3-11(19-2)9-12(13)16-14(17)5-7-15/h3-4,9H,5-6,8H2,1-2H3. The summed E-state index contributed by atoms with van der Waals surface area (Å²) in [5, 5.41) is 8.85. The average molecular weight is 257 g/mol. The van der Waals surface area contributed by atoms with Crippen molar-refractivity contribution in [3.8, 4) is 11.8 Å². The fraction of sp³-hybridized carbons (Fsp3) is 0.357. The van der Waals surface area contributed by atoms with E-state index in [0.717, 1.165) is 16.8 Å². The second-order valence-corrected chi connectivity index (χ2v) is 4.32. The van der Waals surface area contributed by atoms with Crippen molar-refractivity contribution < 1.29 is 9.53 Å². The molecule has 0 bridgehead atoms. The molecule has 98 valence electrons. The van der Waals surface area contributed by atoms with Crippen LogP contribution in [0.2, 0.25) is 0 Å². The number of hydrogen-bond acceptors (Lipinski definition) is 4. The molecule has 5 nitrogen and oxygen atoms in total. The van der Waals surface area contributed by atoms with Crippen LogP contribution in [0.4, 0.5) is 0 Å². The molecule has 0 fully saturated rings. The van der Waals surface area contributed by atoms with Crippen LogP contribution in [0.5, 0.6) is 5.75 Å². The maximum absolute atomic E-state index is 11.1. The number of benzene rings is 1. The molecule has 1 aromatic carbocycles. The number of imidazole rings is 1. The zero-order valence-electron chi connectivity index (χ0n) is 11.0. The molecule has 0 N–H and O–H groups in total. The van der Waals surface area contributed by atoms with E-state index in [1.807, 2.05) is 22.8 Å². The van der Waals surface area contributed by atoms with Crippen molar-refractivity contribution in [3.63, 3.8) is 0 Å². The van der Waals surface area contributed by atoms with Gasteiger partial charge in [0.25, 0.3) is 0 Å². The molecule has 0 aliphatic carbocycles. The van der Waals surface area contributed by atoms with E-state index in [-0.39, 0.29) is 12.2 Å². The highest BCUT2D eigenvalue weighted by Crippen LogP contribution is 2.22. The Kier molecular flexibility index (Phi) is 3.81. The minimum atomic E-state index is 0.123. The molecule has 0 spiro atoms. The molecular formula is C14H15N3O2. The summed E-state index contributed by atoms with van der Waals surface area (Å²) in [6, 6.07) is 7.69. The zero-order chi connectivity index (χ0) is 13.8. The summed E-state index contributed by atoms with van der Waals surface area (Å²) in [4.78, 5) is 15.6. The molecule has 1 aromatic heterocycles. The zero-order valence-corrected chi connectivity index (χ0v) is 11.0. The van der Waals surface area contributed by atoms with Gasteiger partial charge in [-0.1, -0.05) is 0 Å². The highest BCUT2D eigenvalue weighted by atomic mass is 16.5. The molecule has 0 aliphatic rings. The molecule has 0 atom stereocenters. The number of hydrogen-bond donors (Lipinski definition) is 0. The molecule has 0 unspecified atom stereocenters. The summed E-state index contributed by atoms with van der Waals surface area (Å²) in [6.07, 6.45) is 0.671. The van der Waals surface area contributed by atoms with Crippen molar-refractivity contribution >= 4 is 16.8 Å². The summed E-state index contributed by atoms with van der Waals surface area (Å²) in [5.41, 5.74) is 1.71. The lowest BCUT2D eigenvalue weighted by Gasteiger charge is -2.06. The first kappa shape index (κ1) is 13.1. The van der Waals surface area contributed by atoms with Crippen molar-refractivity contribution in [1.29, 1.82) is 5.26 Å². The van der Waals surface area contributed by atoms with Gasteiger partial charge in [0.1, 0.15) is 17.4 Å². The van der Waals surface area contributed by atoms with E-state index in [1.54, 1.807) is 14.0 Å². The van der Waals surface area contributed by atoms with Crippen LogP contribution in [-0.2, 0) is 17.8 Å². The molecule has 0 aliphatic heterocycles. The molecule has 2 aromatic rings. The third kappa shape index (κ3) is 2.74. The van der Waals surface area contributed by atoms with E-state index in [9.17, 15) is 4.79 Å². The van der Waals surface area contributed by atoms with Gasteiger partial charge in [-0.3, -0.25) is 4.79 Å². The molecule has 0 saturated heterocycles. The van der Waals surface area contributed by atoms with E-state index < -0.39 is 0 Å². The molecule has 19 heavy (non-hydrogen) atoms. The highest BCUT2D eigenvalue weighted by molar-refractivity contribution is 5.79. The van der Waals surface area contributed by atoms with Gasteiger partial charge >= 0.3 is 0 Å². The number of carbonyl (C=O) groups excluding carboxylic acids is 1. The Balaban J connectivity index is 2.47. The predicted molar refractivity (Wildman–Crippen MR) is 70.9 cm³/mol. The van der Waals surface area contributed by atoms with E-state index in [2.05, 4.69) is 11.1 Å². The summed E-state index contributed by atoms with van der Waals surface area (Å²) in [7, 11) is 1.60.